The van der Waals surface area contributed by atoms with Crippen molar-refractivity contribution < 1.29 is 19.1 Å². The minimum atomic E-state index is -0.432. The van der Waals surface area contributed by atoms with Crippen LogP contribution < -0.4 is 4.74 Å². The highest BCUT2D eigenvalue weighted by Gasteiger charge is 2.12. The highest BCUT2D eigenvalue weighted by Crippen LogP contribution is 2.34. The van der Waals surface area contributed by atoms with Gasteiger partial charge in [-0.3, -0.25) is 9.59 Å². The molecule has 0 spiro atoms. The number of carbonyl (C=O) groups is 2. The van der Waals surface area contributed by atoms with Crippen molar-refractivity contribution in [2.75, 3.05) is 6.61 Å². The molecule has 0 aliphatic heterocycles. The van der Waals surface area contributed by atoms with Gasteiger partial charge >= 0.3 is 11.9 Å². The number of hydrogen-bond donors (Lipinski definition) is 0. The second kappa shape index (κ2) is 16.7. The third-order valence-corrected chi connectivity index (χ3v) is 5.74. The second-order valence-corrected chi connectivity index (χ2v) is 8.65. The maximum Gasteiger partial charge on any atom is 0.311 e. The first-order valence-corrected chi connectivity index (χ1v) is 12.1. The predicted molar refractivity (Wildman–Crippen MR) is 124 cm³/mol. The maximum atomic E-state index is 11.9. The fourth-order valence-corrected chi connectivity index (χ4v) is 3.54. The quantitative estimate of drug-likeness (QED) is 0.104. The molecule has 0 fully saturated rings. The number of hydrogen-bond acceptors (Lipinski definition) is 4. The number of carbonyl (C=O) groups excluding carboxylic acids is 2. The van der Waals surface area contributed by atoms with Gasteiger partial charge in [-0.15, -0.1) is 0 Å². The van der Waals surface area contributed by atoms with Crippen LogP contribution in [0.4, 0.5) is 0 Å². The van der Waals surface area contributed by atoms with E-state index in [1.807, 2.05) is 0 Å². The molecular weight excluding hydrogens is 447 g/mol. The number of esters is 2. The Morgan fingerprint density at radius 2 is 1.23 bits per heavy atom. The van der Waals surface area contributed by atoms with Gasteiger partial charge in [-0.05, 0) is 25.3 Å². The summed E-state index contributed by atoms with van der Waals surface area (Å²) in [4.78, 5) is 23.6. The number of unbranched alkanes of at least 4 members (excludes halogenated alkanes) is 9. The van der Waals surface area contributed by atoms with E-state index >= 15 is 0 Å². The molecule has 0 amide bonds. The summed E-state index contributed by atoms with van der Waals surface area (Å²) in [5, 5.41) is 0.777. The lowest BCUT2D eigenvalue weighted by Crippen LogP contribution is -2.09. The van der Waals surface area contributed by atoms with Gasteiger partial charge in [0.25, 0.3) is 0 Å². The van der Waals surface area contributed by atoms with Crippen molar-refractivity contribution in [2.24, 2.45) is 0 Å². The fraction of sp³-hybridized carbons (Fsp3) is 0.652. The Labute approximate surface area is 195 Å². The van der Waals surface area contributed by atoms with Crippen molar-refractivity contribution in [1.29, 1.82) is 0 Å². The van der Waals surface area contributed by atoms with E-state index in [2.05, 4.69) is 6.92 Å². The second-order valence-electron chi connectivity index (χ2n) is 7.43. The van der Waals surface area contributed by atoms with Crippen LogP contribution in [-0.4, -0.2) is 18.5 Å². The molecule has 0 atom stereocenters. The minimum Gasteiger partial charge on any atom is -0.466 e. The molecule has 4 nitrogen and oxygen atoms in total. The average Bonchev–Trinajstić information content (AvgIpc) is 2.71. The molecule has 0 aliphatic carbocycles. The molecule has 0 heterocycles. The molecule has 1 rings (SSSR count). The largest absolute Gasteiger partial charge is 0.466 e. The summed E-state index contributed by atoms with van der Waals surface area (Å²) in [7, 11) is 0. The molecule has 7 heteroatoms. The SMILES string of the molecule is CCCCCCCCCCCOC(=O)CCCCC(=O)Oc1cc(Cl)c(Cl)cc1Cl. The van der Waals surface area contributed by atoms with Crippen LogP contribution in [0.1, 0.15) is 90.4 Å². The molecule has 0 saturated carbocycles. The summed E-state index contributed by atoms with van der Waals surface area (Å²) in [5.41, 5.74) is 0. The lowest BCUT2D eigenvalue weighted by atomic mass is 10.1. The number of rotatable bonds is 16. The predicted octanol–water partition coefficient (Wildman–Crippen LogP) is 8.19. The zero-order valence-corrected chi connectivity index (χ0v) is 20.1. The normalized spacial score (nSPS) is 10.8. The van der Waals surface area contributed by atoms with Crippen molar-refractivity contribution in [3.63, 3.8) is 0 Å². The van der Waals surface area contributed by atoms with E-state index in [-0.39, 0.29) is 28.2 Å². The first kappa shape index (κ1) is 27.1. The summed E-state index contributed by atoms with van der Waals surface area (Å²) in [6, 6.07) is 2.84. The Bertz CT molecular complexity index is 650. The number of ether oxygens (including phenoxy) is 2. The van der Waals surface area contributed by atoms with Gasteiger partial charge in [0, 0.05) is 18.9 Å². The summed E-state index contributed by atoms with van der Waals surface area (Å²) >= 11 is 17.7. The first-order chi connectivity index (χ1) is 14.4. The van der Waals surface area contributed by atoms with Gasteiger partial charge in [-0.2, -0.15) is 0 Å². The molecule has 0 saturated heterocycles. The van der Waals surface area contributed by atoms with Crippen LogP contribution in [0.15, 0.2) is 12.1 Å². The van der Waals surface area contributed by atoms with Crippen molar-refractivity contribution in [1.82, 2.24) is 0 Å². The highest BCUT2D eigenvalue weighted by molar-refractivity contribution is 6.43. The average molecular weight is 480 g/mol. The van der Waals surface area contributed by atoms with Crippen LogP contribution in [-0.2, 0) is 14.3 Å². The molecule has 170 valence electrons. The third-order valence-electron chi connectivity index (χ3n) is 4.72. The minimum absolute atomic E-state index is 0.177. The summed E-state index contributed by atoms with van der Waals surface area (Å²) in [6.45, 7) is 2.71. The van der Waals surface area contributed by atoms with Crippen LogP contribution in [0.25, 0.3) is 0 Å². The Kier molecular flexibility index (Phi) is 15.1. The Morgan fingerprint density at radius 3 is 1.87 bits per heavy atom. The van der Waals surface area contributed by atoms with E-state index < -0.39 is 5.97 Å². The van der Waals surface area contributed by atoms with Gasteiger partial charge in [-0.25, -0.2) is 0 Å². The molecule has 0 radical (unpaired) electrons. The van der Waals surface area contributed by atoms with E-state index in [9.17, 15) is 9.59 Å². The van der Waals surface area contributed by atoms with E-state index in [1.54, 1.807) is 0 Å². The van der Waals surface area contributed by atoms with E-state index in [1.165, 1.54) is 57.1 Å². The molecule has 0 aromatic heterocycles. The molecule has 0 N–H and O–H groups in total. The van der Waals surface area contributed by atoms with Gasteiger partial charge in [-0.1, -0.05) is 93.1 Å². The van der Waals surface area contributed by atoms with Gasteiger partial charge in [0.15, 0.2) is 5.75 Å². The fourth-order valence-electron chi connectivity index (χ4n) is 2.97. The van der Waals surface area contributed by atoms with Gasteiger partial charge in [0.2, 0.25) is 0 Å². The van der Waals surface area contributed by atoms with Crippen LogP contribution in [0.5, 0.6) is 5.75 Å². The molecule has 0 bridgehead atoms. The maximum absolute atomic E-state index is 11.9. The number of halogens is 3. The first-order valence-electron chi connectivity index (χ1n) is 10.9. The van der Waals surface area contributed by atoms with Crippen molar-refractivity contribution >= 4 is 46.7 Å². The number of benzene rings is 1. The molecule has 0 aliphatic rings. The van der Waals surface area contributed by atoms with Crippen LogP contribution in [0, 0.1) is 0 Å². The third kappa shape index (κ3) is 12.7. The van der Waals surface area contributed by atoms with Crippen molar-refractivity contribution in [3.05, 3.63) is 27.2 Å². The molecule has 1 aromatic rings. The van der Waals surface area contributed by atoms with Crippen molar-refractivity contribution in [3.8, 4) is 5.75 Å². The molecule has 30 heavy (non-hydrogen) atoms. The van der Waals surface area contributed by atoms with Crippen molar-refractivity contribution in [2.45, 2.75) is 90.4 Å². The Morgan fingerprint density at radius 1 is 0.700 bits per heavy atom. The highest BCUT2D eigenvalue weighted by atomic mass is 35.5. The summed E-state index contributed by atoms with van der Waals surface area (Å²) in [5.74, 6) is -0.467. The summed E-state index contributed by atoms with van der Waals surface area (Å²) < 4.78 is 10.4. The zero-order chi connectivity index (χ0) is 22.2. The van der Waals surface area contributed by atoms with Gasteiger partial charge in [0.05, 0.1) is 21.7 Å². The topological polar surface area (TPSA) is 52.6 Å². The zero-order valence-electron chi connectivity index (χ0n) is 17.8. The molecule has 1 aromatic carbocycles. The monoisotopic (exact) mass is 478 g/mol. The standard InChI is InChI=1S/C23H33Cl3O4/c1-2-3-4-5-6-7-8-9-12-15-29-22(27)13-10-11-14-23(28)30-21-17-19(25)18(24)16-20(21)26/h16-17H,2-15H2,1H3. The lowest BCUT2D eigenvalue weighted by molar-refractivity contribution is -0.144. The molecular formula is C23H33Cl3O4. The lowest BCUT2D eigenvalue weighted by Gasteiger charge is -2.08. The van der Waals surface area contributed by atoms with Gasteiger partial charge < -0.3 is 9.47 Å². The van der Waals surface area contributed by atoms with E-state index in [4.69, 9.17) is 44.3 Å². The molecule has 0 unspecified atom stereocenters. The van der Waals surface area contributed by atoms with E-state index in [0.717, 1.165) is 12.8 Å². The van der Waals surface area contributed by atoms with Crippen LogP contribution >= 0.6 is 34.8 Å². The Hall–Kier alpha value is -0.970. The van der Waals surface area contributed by atoms with Crippen LogP contribution in [0.3, 0.4) is 0 Å². The van der Waals surface area contributed by atoms with E-state index in [0.29, 0.717) is 30.9 Å². The van der Waals surface area contributed by atoms with Gasteiger partial charge in [0.1, 0.15) is 0 Å². The summed E-state index contributed by atoms with van der Waals surface area (Å²) in [6.07, 6.45) is 12.7. The smallest absolute Gasteiger partial charge is 0.311 e. The van der Waals surface area contributed by atoms with Crippen LogP contribution in [0.2, 0.25) is 15.1 Å². The Balaban J connectivity index is 2.01.